The maximum Gasteiger partial charge on any atom is 0.236 e. The van der Waals surface area contributed by atoms with Crippen molar-refractivity contribution in [1.82, 2.24) is 5.43 Å². The lowest BCUT2D eigenvalue weighted by atomic mass is 10.2. The Bertz CT molecular complexity index is 372. The second-order valence-corrected chi connectivity index (χ2v) is 3.70. The molecular formula is C13H18N2O2. The van der Waals surface area contributed by atoms with E-state index in [0.717, 1.165) is 30.8 Å². The first kappa shape index (κ1) is 13.2. The molecule has 0 aliphatic heterocycles. The first-order chi connectivity index (χ1) is 8.22. The van der Waals surface area contributed by atoms with Crippen molar-refractivity contribution in [2.75, 3.05) is 6.61 Å². The molecule has 0 bridgehead atoms. The molecule has 0 heterocycles. The number of amides is 1. The average molecular weight is 234 g/mol. The molecule has 92 valence electrons. The van der Waals surface area contributed by atoms with E-state index in [0.29, 0.717) is 0 Å². The number of nitrogens with zero attached hydrogens (tertiary/aromatic N) is 1. The van der Waals surface area contributed by atoms with Crippen molar-refractivity contribution in [3.63, 3.8) is 0 Å². The smallest absolute Gasteiger partial charge is 0.236 e. The lowest BCUT2D eigenvalue weighted by Gasteiger charge is -2.04. The van der Waals surface area contributed by atoms with E-state index in [1.807, 2.05) is 24.3 Å². The van der Waals surface area contributed by atoms with E-state index in [-0.39, 0.29) is 5.91 Å². The van der Waals surface area contributed by atoms with E-state index in [1.165, 1.54) is 6.92 Å². The number of carbonyl (C=O) groups is 1. The summed E-state index contributed by atoms with van der Waals surface area (Å²) < 4.78 is 5.53. The Kier molecular flexibility index (Phi) is 5.79. The lowest BCUT2D eigenvalue weighted by Crippen LogP contribution is -2.12. The second kappa shape index (κ2) is 7.44. The van der Waals surface area contributed by atoms with Crippen LogP contribution in [0.4, 0.5) is 0 Å². The van der Waals surface area contributed by atoms with Crippen LogP contribution in [0.1, 0.15) is 32.3 Å². The molecule has 0 aromatic heterocycles. The molecule has 0 unspecified atom stereocenters. The highest BCUT2D eigenvalue weighted by atomic mass is 16.5. The van der Waals surface area contributed by atoms with Crippen molar-refractivity contribution in [3.8, 4) is 5.75 Å². The van der Waals surface area contributed by atoms with Gasteiger partial charge in [0.1, 0.15) is 5.75 Å². The maximum atomic E-state index is 10.6. The third kappa shape index (κ3) is 5.70. The number of rotatable bonds is 6. The van der Waals surface area contributed by atoms with Crippen LogP contribution >= 0.6 is 0 Å². The minimum atomic E-state index is -0.180. The molecule has 1 rings (SSSR count). The van der Waals surface area contributed by atoms with E-state index in [4.69, 9.17) is 4.74 Å². The number of hydrazone groups is 1. The summed E-state index contributed by atoms with van der Waals surface area (Å²) in [7, 11) is 0. The van der Waals surface area contributed by atoms with E-state index in [2.05, 4.69) is 17.5 Å². The standard InChI is InChI=1S/C13H18N2O2/c1-3-4-9-17-13-7-5-12(6-8-13)10-14-15-11(2)16/h5-8,10H,3-4,9H2,1-2H3,(H,15,16)/b14-10-. The largest absolute Gasteiger partial charge is 0.494 e. The number of benzene rings is 1. The van der Waals surface area contributed by atoms with E-state index >= 15 is 0 Å². The van der Waals surface area contributed by atoms with Crippen molar-refractivity contribution in [2.24, 2.45) is 5.10 Å². The molecule has 0 radical (unpaired) electrons. The van der Waals surface area contributed by atoms with Crippen LogP contribution in [0.5, 0.6) is 5.75 Å². The molecule has 1 aromatic rings. The van der Waals surface area contributed by atoms with Gasteiger partial charge in [0.05, 0.1) is 12.8 Å². The van der Waals surface area contributed by atoms with Crippen molar-refractivity contribution in [1.29, 1.82) is 0 Å². The van der Waals surface area contributed by atoms with E-state index in [9.17, 15) is 4.79 Å². The highest BCUT2D eigenvalue weighted by Crippen LogP contribution is 2.11. The summed E-state index contributed by atoms with van der Waals surface area (Å²) in [6.45, 7) is 4.29. The molecule has 0 fully saturated rings. The molecular weight excluding hydrogens is 216 g/mol. The number of hydrogen-bond acceptors (Lipinski definition) is 3. The predicted molar refractivity (Wildman–Crippen MR) is 68.3 cm³/mol. The summed E-state index contributed by atoms with van der Waals surface area (Å²) in [6, 6.07) is 7.58. The SMILES string of the molecule is CCCCOc1ccc(/C=N\NC(C)=O)cc1. The van der Waals surface area contributed by atoms with Crippen LogP contribution < -0.4 is 10.2 Å². The van der Waals surface area contributed by atoms with Crippen LogP contribution in [-0.2, 0) is 4.79 Å². The van der Waals surface area contributed by atoms with E-state index in [1.54, 1.807) is 6.21 Å². The summed E-state index contributed by atoms with van der Waals surface area (Å²) in [5, 5.41) is 3.78. The van der Waals surface area contributed by atoms with Crippen molar-refractivity contribution < 1.29 is 9.53 Å². The molecule has 0 atom stereocenters. The fourth-order valence-electron chi connectivity index (χ4n) is 1.18. The Morgan fingerprint density at radius 3 is 2.71 bits per heavy atom. The molecule has 0 saturated carbocycles. The van der Waals surface area contributed by atoms with Crippen LogP contribution in [0.15, 0.2) is 29.4 Å². The van der Waals surface area contributed by atoms with Gasteiger partial charge in [0.25, 0.3) is 0 Å². The van der Waals surface area contributed by atoms with Crippen LogP contribution in [0.2, 0.25) is 0 Å². The Hall–Kier alpha value is -1.84. The summed E-state index contributed by atoms with van der Waals surface area (Å²) in [5.41, 5.74) is 3.27. The van der Waals surface area contributed by atoms with Crippen molar-refractivity contribution >= 4 is 12.1 Å². The molecule has 17 heavy (non-hydrogen) atoms. The first-order valence-electron chi connectivity index (χ1n) is 5.75. The number of ether oxygens (including phenoxy) is 1. The highest BCUT2D eigenvalue weighted by Gasteiger charge is 1.93. The molecule has 0 aliphatic rings. The van der Waals surface area contributed by atoms with Crippen LogP contribution in [0.25, 0.3) is 0 Å². The van der Waals surface area contributed by atoms with Gasteiger partial charge < -0.3 is 4.74 Å². The third-order valence-electron chi connectivity index (χ3n) is 2.08. The fourth-order valence-corrected chi connectivity index (χ4v) is 1.18. The summed E-state index contributed by atoms with van der Waals surface area (Å²) in [5.74, 6) is 0.677. The Balaban J connectivity index is 2.44. The van der Waals surface area contributed by atoms with Crippen LogP contribution in [0, 0.1) is 0 Å². The summed E-state index contributed by atoms with van der Waals surface area (Å²) >= 11 is 0. The quantitative estimate of drug-likeness (QED) is 0.466. The Labute approximate surface area is 102 Å². The zero-order valence-corrected chi connectivity index (χ0v) is 10.3. The molecule has 0 aliphatic carbocycles. The molecule has 1 amide bonds. The van der Waals surface area contributed by atoms with E-state index < -0.39 is 0 Å². The summed E-state index contributed by atoms with van der Waals surface area (Å²) in [4.78, 5) is 10.6. The van der Waals surface area contributed by atoms with Gasteiger partial charge in [-0.25, -0.2) is 5.43 Å². The molecule has 4 heteroatoms. The molecule has 1 aromatic carbocycles. The van der Waals surface area contributed by atoms with Gasteiger partial charge in [-0.05, 0) is 36.2 Å². The Morgan fingerprint density at radius 1 is 1.41 bits per heavy atom. The normalized spacial score (nSPS) is 10.5. The van der Waals surface area contributed by atoms with Crippen LogP contribution in [-0.4, -0.2) is 18.7 Å². The van der Waals surface area contributed by atoms with Gasteiger partial charge in [0.15, 0.2) is 0 Å². The topological polar surface area (TPSA) is 50.7 Å². The monoisotopic (exact) mass is 234 g/mol. The minimum absolute atomic E-state index is 0.180. The fraction of sp³-hybridized carbons (Fsp3) is 0.385. The minimum Gasteiger partial charge on any atom is -0.494 e. The van der Waals surface area contributed by atoms with Gasteiger partial charge >= 0.3 is 0 Å². The zero-order valence-electron chi connectivity index (χ0n) is 10.3. The summed E-state index contributed by atoms with van der Waals surface area (Å²) in [6.07, 6.45) is 3.78. The lowest BCUT2D eigenvalue weighted by molar-refractivity contribution is -0.118. The highest BCUT2D eigenvalue weighted by molar-refractivity contribution is 5.81. The number of nitrogens with one attached hydrogen (secondary N) is 1. The van der Waals surface area contributed by atoms with Gasteiger partial charge in [-0.3, -0.25) is 4.79 Å². The van der Waals surface area contributed by atoms with Gasteiger partial charge in [-0.2, -0.15) is 5.10 Å². The van der Waals surface area contributed by atoms with Crippen molar-refractivity contribution in [3.05, 3.63) is 29.8 Å². The number of unbranched alkanes of at least 4 members (excludes halogenated alkanes) is 1. The Morgan fingerprint density at radius 2 is 2.12 bits per heavy atom. The van der Waals surface area contributed by atoms with Gasteiger partial charge in [-0.15, -0.1) is 0 Å². The molecule has 1 N–H and O–H groups in total. The van der Waals surface area contributed by atoms with Crippen LogP contribution in [0.3, 0.4) is 0 Å². The van der Waals surface area contributed by atoms with Gasteiger partial charge in [-0.1, -0.05) is 13.3 Å². The second-order valence-electron chi connectivity index (χ2n) is 3.70. The first-order valence-corrected chi connectivity index (χ1v) is 5.75. The van der Waals surface area contributed by atoms with Gasteiger partial charge in [0, 0.05) is 6.92 Å². The molecule has 0 spiro atoms. The predicted octanol–water partition coefficient (Wildman–Crippen LogP) is 2.34. The molecule has 4 nitrogen and oxygen atoms in total. The molecule has 0 saturated heterocycles. The third-order valence-corrected chi connectivity index (χ3v) is 2.08. The van der Waals surface area contributed by atoms with Crippen molar-refractivity contribution in [2.45, 2.75) is 26.7 Å². The van der Waals surface area contributed by atoms with Gasteiger partial charge in [0.2, 0.25) is 5.91 Å². The number of carbonyl (C=O) groups excluding carboxylic acids is 1. The number of hydrogen-bond donors (Lipinski definition) is 1. The average Bonchev–Trinajstić information content (AvgIpc) is 2.31. The zero-order chi connectivity index (χ0) is 12.5. The maximum absolute atomic E-state index is 10.6.